The van der Waals surface area contributed by atoms with Crippen LogP contribution in [0.3, 0.4) is 0 Å². The van der Waals surface area contributed by atoms with Crippen LogP contribution >= 0.6 is 0 Å². The van der Waals surface area contributed by atoms with E-state index in [1.165, 1.54) is 38.2 Å². The van der Waals surface area contributed by atoms with Gasteiger partial charge in [0.05, 0.1) is 11.4 Å². The highest BCUT2D eigenvalue weighted by atomic mass is 16.3. The maximum Gasteiger partial charge on any atom is 0.143 e. The fraction of sp³-hybridized carbons (Fsp3) is 0. The van der Waals surface area contributed by atoms with Crippen LogP contribution in [-0.2, 0) is 0 Å². The van der Waals surface area contributed by atoms with Gasteiger partial charge in [-0.25, -0.2) is 0 Å². The Hall–Kier alpha value is -7.42. The van der Waals surface area contributed by atoms with Gasteiger partial charge in [0.2, 0.25) is 0 Å². The van der Waals surface area contributed by atoms with E-state index in [2.05, 4.69) is 211 Å². The Morgan fingerprint density at radius 3 is 1.80 bits per heavy atom. The third kappa shape index (κ3) is 5.26. The van der Waals surface area contributed by atoms with Crippen molar-refractivity contribution >= 4 is 71.3 Å². The van der Waals surface area contributed by atoms with Gasteiger partial charge in [-0.15, -0.1) is 0 Å². The highest BCUT2D eigenvalue weighted by Crippen LogP contribution is 2.48. The molecule has 1 heterocycles. The number of benzene rings is 10. The predicted octanol–water partition coefficient (Wildman–Crippen LogP) is 15.5. The summed E-state index contributed by atoms with van der Waals surface area (Å²) in [5.41, 5.74) is 12.1. The van der Waals surface area contributed by atoms with E-state index in [9.17, 15) is 0 Å². The molecule has 0 aliphatic heterocycles. The van der Waals surface area contributed by atoms with Crippen LogP contribution in [0.1, 0.15) is 0 Å². The average Bonchev–Trinajstić information content (AvgIpc) is 3.64. The molecule has 0 fully saturated rings. The monoisotopic (exact) mass is 713 g/mol. The molecule has 0 aliphatic carbocycles. The summed E-state index contributed by atoms with van der Waals surface area (Å²) >= 11 is 0. The van der Waals surface area contributed by atoms with Crippen LogP contribution in [0.5, 0.6) is 0 Å². The Labute approximate surface area is 325 Å². The molecular formula is C54H35NO. The second kappa shape index (κ2) is 13.2. The van der Waals surface area contributed by atoms with E-state index in [4.69, 9.17) is 4.42 Å². The molecule has 262 valence electrons. The predicted molar refractivity (Wildman–Crippen MR) is 237 cm³/mol. The largest absolute Gasteiger partial charge is 0.455 e. The standard InChI is InChI=1S/C54H35NO/c1-2-15-38(16-3-1)43-19-10-12-24-50(43)55(42-30-28-37(29-31-42)40-27-26-36-14-4-5-17-39(36)34-40)51-33-32-48(45-21-8-9-22-46(45)51)53-44-20-7-6-18-41(44)35-49-47-23-11-13-25-52(47)56-54(49)53/h1-35H. The van der Waals surface area contributed by atoms with Gasteiger partial charge in [0.15, 0.2) is 0 Å². The molecule has 11 aromatic rings. The van der Waals surface area contributed by atoms with E-state index in [0.29, 0.717) is 0 Å². The van der Waals surface area contributed by atoms with Crippen molar-refractivity contribution in [3.63, 3.8) is 0 Å². The van der Waals surface area contributed by atoms with Gasteiger partial charge in [0, 0.05) is 33.0 Å². The third-order valence-corrected chi connectivity index (χ3v) is 11.2. The normalized spacial score (nSPS) is 11.6. The van der Waals surface area contributed by atoms with Crippen molar-refractivity contribution in [2.45, 2.75) is 0 Å². The first-order valence-corrected chi connectivity index (χ1v) is 19.2. The second-order valence-electron chi connectivity index (χ2n) is 14.5. The molecule has 11 rings (SSSR count). The first-order valence-electron chi connectivity index (χ1n) is 19.2. The fourth-order valence-electron chi connectivity index (χ4n) is 8.60. The number of nitrogens with zero attached hydrogens (tertiary/aromatic N) is 1. The lowest BCUT2D eigenvalue weighted by Crippen LogP contribution is -2.12. The summed E-state index contributed by atoms with van der Waals surface area (Å²) in [6.45, 7) is 0. The second-order valence-corrected chi connectivity index (χ2v) is 14.5. The molecule has 1 aromatic heterocycles. The summed E-state index contributed by atoms with van der Waals surface area (Å²) in [7, 11) is 0. The molecule has 0 radical (unpaired) electrons. The van der Waals surface area contributed by atoms with E-state index in [1.54, 1.807) is 0 Å². The van der Waals surface area contributed by atoms with Gasteiger partial charge in [0.1, 0.15) is 11.2 Å². The van der Waals surface area contributed by atoms with Gasteiger partial charge in [-0.2, -0.15) is 0 Å². The fourth-order valence-corrected chi connectivity index (χ4v) is 8.60. The molecule has 0 saturated heterocycles. The Kier molecular flexibility index (Phi) is 7.53. The van der Waals surface area contributed by atoms with Gasteiger partial charge < -0.3 is 9.32 Å². The van der Waals surface area contributed by atoms with E-state index >= 15 is 0 Å². The summed E-state index contributed by atoms with van der Waals surface area (Å²) in [5, 5.41) is 9.44. The van der Waals surface area contributed by atoms with Crippen molar-refractivity contribution in [3.05, 3.63) is 212 Å². The highest BCUT2D eigenvalue weighted by Gasteiger charge is 2.23. The van der Waals surface area contributed by atoms with Crippen LogP contribution in [0, 0.1) is 0 Å². The van der Waals surface area contributed by atoms with E-state index in [-0.39, 0.29) is 0 Å². The van der Waals surface area contributed by atoms with Crippen LogP contribution in [0.2, 0.25) is 0 Å². The van der Waals surface area contributed by atoms with E-state index in [1.807, 2.05) is 6.07 Å². The van der Waals surface area contributed by atoms with Crippen LogP contribution in [-0.4, -0.2) is 0 Å². The van der Waals surface area contributed by atoms with Crippen LogP contribution in [0.25, 0.3) is 87.6 Å². The highest BCUT2D eigenvalue weighted by molar-refractivity contribution is 6.21. The number of para-hydroxylation sites is 2. The first-order chi connectivity index (χ1) is 27.8. The van der Waals surface area contributed by atoms with E-state index < -0.39 is 0 Å². The molecule has 0 aliphatic rings. The zero-order valence-corrected chi connectivity index (χ0v) is 30.6. The number of furan rings is 1. The molecule has 0 spiro atoms. The molecule has 56 heavy (non-hydrogen) atoms. The molecule has 0 amide bonds. The molecule has 0 saturated carbocycles. The molecule has 0 atom stereocenters. The van der Waals surface area contributed by atoms with Gasteiger partial charge in [-0.05, 0) is 91.6 Å². The molecule has 2 heteroatoms. The Morgan fingerprint density at radius 1 is 0.321 bits per heavy atom. The Morgan fingerprint density at radius 2 is 0.964 bits per heavy atom. The minimum Gasteiger partial charge on any atom is -0.455 e. The Bertz CT molecular complexity index is 3250. The number of hydrogen-bond donors (Lipinski definition) is 0. The number of anilines is 3. The lowest BCUT2D eigenvalue weighted by molar-refractivity contribution is 0.670. The van der Waals surface area contributed by atoms with E-state index in [0.717, 1.165) is 66.5 Å². The maximum absolute atomic E-state index is 6.74. The third-order valence-electron chi connectivity index (χ3n) is 11.2. The van der Waals surface area contributed by atoms with Crippen LogP contribution in [0.15, 0.2) is 217 Å². The lowest BCUT2D eigenvalue weighted by atomic mass is 9.91. The van der Waals surface area contributed by atoms with Crippen LogP contribution < -0.4 is 4.90 Å². The Balaban J connectivity index is 1.14. The molecule has 0 unspecified atom stereocenters. The summed E-state index contributed by atoms with van der Waals surface area (Å²) in [5.74, 6) is 0. The zero-order valence-electron chi connectivity index (χ0n) is 30.6. The van der Waals surface area contributed by atoms with Crippen molar-refractivity contribution in [1.82, 2.24) is 0 Å². The van der Waals surface area contributed by atoms with Gasteiger partial charge in [0.25, 0.3) is 0 Å². The molecule has 0 bridgehead atoms. The van der Waals surface area contributed by atoms with Crippen molar-refractivity contribution in [3.8, 4) is 33.4 Å². The maximum atomic E-state index is 6.74. The van der Waals surface area contributed by atoms with Crippen molar-refractivity contribution in [1.29, 1.82) is 0 Å². The summed E-state index contributed by atoms with van der Waals surface area (Å²) in [6.07, 6.45) is 0. The lowest BCUT2D eigenvalue weighted by Gasteiger charge is -2.29. The smallest absolute Gasteiger partial charge is 0.143 e. The molecule has 10 aromatic carbocycles. The minimum absolute atomic E-state index is 0.899. The number of hydrogen-bond acceptors (Lipinski definition) is 2. The first kappa shape index (κ1) is 32.0. The summed E-state index contributed by atoms with van der Waals surface area (Å²) in [4.78, 5) is 2.43. The van der Waals surface area contributed by atoms with Gasteiger partial charge >= 0.3 is 0 Å². The number of fused-ring (bicyclic) bond motifs is 6. The van der Waals surface area contributed by atoms with Gasteiger partial charge in [-0.1, -0.05) is 170 Å². The minimum atomic E-state index is 0.899. The summed E-state index contributed by atoms with van der Waals surface area (Å²) < 4.78 is 6.74. The molecular weight excluding hydrogens is 679 g/mol. The average molecular weight is 714 g/mol. The molecule has 2 nitrogen and oxygen atoms in total. The number of rotatable bonds is 6. The topological polar surface area (TPSA) is 16.4 Å². The SMILES string of the molecule is c1ccc(-c2ccccc2N(c2ccc(-c3ccc4ccccc4c3)cc2)c2ccc(-c3c4ccccc4cc4c3oc3ccccc34)c3ccccc23)cc1. The zero-order chi connectivity index (χ0) is 37.0. The molecule has 0 N–H and O–H groups in total. The van der Waals surface area contributed by atoms with Crippen molar-refractivity contribution in [2.24, 2.45) is 0 Å². The van der Waals surface area contributed by atoms with Crippen LogP contribution in [0.4, 0.5) is 17.1 Å². The summed E-state index contributed by atoms with van der Waals surface area (Å²) in [6, 6.07) is 76.5. The van der Waals surface area contributed by atoms with Crippen molar-refractivity contribution < 1.29 is 4.42 Å². The van der Waals surface area contributed by atoms with Crippen molar-refractivity contribution in [2.75, 3.05) is 4.90 Å². The quantitative estimate of drug-likeness (QED) is 0.171. The van der Waals surface area contributed by atoms with Gasteiger partial charge in [-0.3, -0.25) is 0 Å².